The molecule has 3 heterocycles. The quantitative estimate of drug-likeness (QED) is 0.0958. The van der Waals surface area contributed by atoms with Gasteiger partial charge in [0, 0.05) is 42.6 Å². The molecule has 0 aromatic heterocycles. The molecule has 47 heavy (non-hydrogen) atoms. The van der Waals surface area contributed by atoms with Crippen molar-refractivity contribution in [3.63, 3.8) is 0 Å². The Hall–Kier alpha value is -4.90. The number of amidine groups is 1. The van der Waals surface area contributed by atoms with Crippen LogP contribution in [0.4, 0.5) is 20.6 Å². The number of thioether (sulfide) groups is 1. The van der Waals surface area contributed by atoms with Crippen molar-refractivity contribution >= 4 is 46.9 Å². The van der Waals surface area contributed by atoms with Crippen LogP contribution >= 0.6 is 11.8 Å². The minimum Gasteiger partial charge on any atom is -0.456 e. The standard InChI is InChI=1S/C30H30FN5O10S/c1-16(37)23-25-24(31)27(26(34(25)28(23)38)29(39)45-14-18-3-7-20(8-4-18)35(41)42)47-22-11-12-33(13-22)17(2)32-30(40)46-15-19-5-9-21(10-6-19)36(43)44/h3-10,16,22-25,37H,11-15H2,1-2H3/t16?,22?,23?,24?,25-/m0/s1. The van der Waals surface area contributed by atoms with Crippen LogP contribution in [0.5, 0.6) is 0 Å². The lowest BCUT2D eigenvalue weighted by Crippen LogP contribution is -2.64. The van der Waals surface area contributed by atoms with Crippen molar-refractivity contribution in [2.24, 2.45) is 10.9 Å². The summed E-state index contributed by atoms with van der Waals surface area (Å²) in [5.74, 6) is -2.19. The molecule has 1 N–H and O–H groups in total. The number of halogens is 1. The van der Waals surface area contributed by atoms with Crippen LogP contribution in [0.1, 0.15) is 31.4 Å². The van der Waals surface area contributed by atoms with Crippen molar-refractivity contribution in [1.29, 1.82) is 0 Å². The molecule has 2 saturated heterocycles. The van der Waals surface area contributed by atoms with Crippen LogP contribution in [-0.4, -0.2) is 85.2 Å². The van der Waals surface area contributed by atoms with Crippen molar-refractivity contribution in [3.05, 3.63) is 90.5 Å². The van der Waals surface area contributed by atoms with Crippen molar-refractivity contribution in [1.82, 2.24) is 9.80 Å². The summed E-state index contributed by atoms with van der Waals surface area (Å²) in [6.45, 7) is 3.41. The van der Waals surface area contributed by atoms with Gasteiger partial charge in [-0.3, -0.25) is 29.9 Å². The SMILES string of the molecule is CC(=NC(=O)OCc1ccc([N+](=O)[O-])cc1)N1CCC(SC2=C(C(=O)OCc3ccc([N+](=O)[O-])cc3)N3C(=O)C(C(C)O)[C@H]3C2F)C1. The lowest BCUT2D eigenvalue weighted by molar-refractivity contribution is -0.385. The number of nitro benzene ring substituents is 2. The number of hydrogen-bond acceptors (Lipinski definition) is 11. The van der Waals surface area contributed by atoms with Crippen LogP contribution in [-0.2, 0) is 32.3 Å². The number of β-lactam (4-membered cyclic amide) rings is 1. The van der Waals surface area contributed by atoms with Crippen LogP contribution in [0, 0.1) is 26.1 Å². The second-order valence-corrected chi connectivity index (χ2v) is 12.5. The minimum absolute atomic E-state index is 0.0177. The zero-order valence-corrected chi connectivity index (χ0v) is 26.0. The second kappa shape index (κ2) is 13.8. The number of hydrogen-bond donors (Lipinski definition) is 1. The molecule has 248 valence electrons. The molecule has 3 aliphatic heterocycles. The van der Waals surface area contributed by atoms with Crippen molar-refractivity contribution < 1.29 is 43.2 Å². The number of ether oxygens (including phenoxy) is 2. The Kier molecular flexibility index (Phi) is 9.85. The maximum Gasteiger partial charge on any atom is 0.435 e. The highest BCUT2D eigenvalue weighted by molar-refractivity contribution is 8.03. The minimum atomic E-state index is -1.74. The normalized spacial score (nSPS) is 22.9. The van der Waals surface area contributed by atoms with E-state index in [-0.39, 0.29) is 40.4 Å². The summed E-state index contributed by atoms with van der Waals surface area (Å²) in [5, 5.41) is 31.6. The van der Waals surface area contributed by atoms with Gasteiger partial charge in [-0.1, -0.05) is 0 Å². The Morgan fingerprint density at radius 3 is 2.13 bits per heavy atom. The van der Waals surface area contributed by atoms with Gasteiger partial charge >= 0.3 is 12.1 Å². The first-order valence-electron chi connectivity index (χ1n) is 14.5. The van der Waals surface area contributed by atoms with Gasteiger partial charge in [-0.2, -0.15) is 4.99 Å². The number of amides is 2. The number of carbonyl (C=O) groups excluding carboxylic acids is 3. The number of rotatable bonds is 10. The molecule has 3 aliphatic rings. The highest BCUT2D eigenvalue weighted by atomic mass is 32.2. The highest BCUT2D eigenvalue weighted by Crippen LogP contribution is 2.50. The third kappa shape index (κ3) is 7.10. The van der Waals surface area contributed by atoms with Crippen molar-refractivity contribution in [2.45, 2.75) is 57.0 Å². The van der Waals surface area contributed by atoms with E-state index in [1.807, 2.05) is 0 Å². The van der Waals surface area contributed by atoms with E-state index in [0.29, 0.717) is 36.5 Å². The fourth-order valence-corrected chi connectivity index (χ4v) is 7.04. The molecule has 17 heteroatoms. The third-order valence-electron chi connectivity index (χ3n) is 8.10. The molecule has 2 fully saturated rings. The number of fused-ring (bicyclic) bond motifs is 1. The van der Waals surface area contributed by atoms with E-state index in [1.54, 1.807) is 11.8 Å². The Labute approximate surface area is 271 Å². The monoisotopic (exact) mass is 671 g/mol. The highest BCUT2D eigenvalue weighted by Gasteiger charge is 2.62. The van der Waals surface area contributed by atoms with Gasteiger partial charge in [0.2, 0.25) is 5.91 Å². The number of likely N-dealkylation sites (tertiary alicyclic amines) is 1. The number of aliphatic hydroxyl groups is 1. The fraction of sp³-hybridized carbons (Fsp3) is 0.400. The van der Waals surface area contributed by atoms with E-state index in [0.717, 1.165) is 16.7 Å². The molecular formula is C30H30FN5O10S. The molecule has 0 spiro atoms. The Balaban J connectivity index is 1.24. The summed E-state index contributed by atoms with van der Waals surface area (Å²) in [6.07, 6.45) is -3.19. The van der Waals surface area contributed by atoms with Gasteiger partial charge in [0.05, 0.1) is 32.8 Å². The summed E-state index contributed by atoms with van der Waals surface area (Å²) in [5.41, 5.74) is 0.543. The smallest absolute Gasteiger partial charge is 0.435 e. The number of benzene rings is 2. The predicted octanol–water partition coefficient (Wildman–Crippen LogP) is 3.88. The van der Waals surface area contributed by atoms with Crippen LogP contribution in [0.3, 0.4) is 0 Å². The van der Waals surface area contributed by atoms with E-state index in [2.05, 4.69) is 4.99 Å². The lowest BCUT2D eigenvalue weighted by Gasteiger charge is -2.45. The Morgan fingerprint density at radius 1 is 1.04 bits per heavy atom. The molecule has 2 aromatic rings. The van der Waals surface area contributed by atoms with Gasteiger partial charge in [0.1, 0.15) is 24.7 Å². The Morgan fingerprint density at radius 2 is 1.60 bits per heavy atom. The van der Waals surface area contributed by atoms with Gasteiger partial charge < -0.3 is 19.5 Å². The first-order chi connectivity index (χ1) is 22.3. The van der Waals surface area contributed by atoms with Crippen LogP contribution in [0.25, 0.3) is 0 Å². The van der Waals surface area contributed by atoms with Crippen molar-refractivity contribution in [3.8, 4) is 0 Å². The number of alkyl halides is 1. The first kappa shape index (κ1) is 33.5. The third-order valence-corrected chi connectivity index (χ3v) is 9.49. The fourth-order valence-electron chi connectivity index (χ4n) is 5.64. The van der Waals surface area contributed by atoms with E-state index in [4.69, 9.17) is 9.47 Å². The number of aliphatic imine (C=N–C) groups is 1. The van der Waals surface area contributed by atoms with Gasteiger partial charge in [0.15, 0.2) is 6.17 Å². The summed E-state index contributed by atoms with van der Waals surface area (Å²) < 4.78 is 26.5. The molecule has 15 nitrogen and oxygen atoms in total. The average Bonchev–Trinajstić information content (AvgIpc) is 3.60. The number of nitro groups is 2. The molecule has 2 amide bonds. The van der Waals surface area contributed by atoms with Gasteiger partial charge in [-0.15, -0.1) is 11.8 Å². The van der Waals surface area contributed by atoms with E-state index in [1.165, 1.54) is 55.5 Å². The van der Waals surface area contributed by atoms with Crippen LogP contribution in [0.15, 0.2) is 64.1 Å². The van der Waals surface area contributed by atoms with Crippen molar-refractivity contribution in [2.75, 3.05) is 13.1 Å². The summed E-state index contributed by atoms with van der Waals surface area (Å²) in [6, 6.07) is 9.85. The molecule has 0 radical (unpaired) electrons. The topological polar surface area (TPSA) is 195 Å². The van der Waals surface area contributed by atoms with Crippen LogP contribution < -0.4 is 0 Å². The van der Waals surface area contributed by atoms with Gasteiger partial charge in [-0.25, -0.2) is 14.0 Å². The van der Waals surface area contributed by atoms with E-state index >= 15 is 4.39 Å². The van der Waals surface area contributed by atoms with Gasteiger partial charge in [-0.05, 0) is 55.7 Å². The first-order valence-corrected chi connectivity index (χ1v) is 15.4. The maximum atomic E-state index is 15.9. The number of esters is 1. The molecule has 5 atom stereocenters. The lowest BCUT2D eigenvalue weighted by atomic mass is 9.83. The summed E-state index contributed by atoms with van der Waals surface area (Å²) >= 11 is 1.09. The number of non-ortho nitro benzene ring substituents is 2. The molecule has 0 bridgehead atoms. The van der Waals surface area contributed by atoms with E-state index in [9.17, 15) is 39.7 Å². The largest absolute Gasteiger partial charge is 0.456 e. The van der Waals surface area contributed by atoms with Gasteiger partial charge in [0.25, 0.3) is 11.4 Å². The average molecular weight is 672 g/mol. The zero-order chi connectivity index (χ0) is 34.0. The zero-order valence-electron chi connectivity index (χ0n) is 25.2. The molecule has 4 unspecified atom stereocenters. The van der Waals surface area contributed by atoms with Crippen LogP contribution in [0.2, 0.25) is 0 Å². The number of aliphatic hydroxyl groups excluding tert-OH is 1. The second-order valence-electron chi connectivity index (χ2n) is 11.2. The predicted molar refractivity (Wildman–Crippen MR) is 165 cm³/mol. The molecule has 0 saturated carbocycles. The molecule has 2 aromatic carbocycles. The van der Waals surface area contributed by atoms with E-state index < -0.39 is 52.1 Å². The number of carbonyl (C=O) groups is 3. The summed E-state index contributed by atoms with van der Waals surface area (Å²) in [7, 11) is 0. The summed E-state index contributed by atoms with van der Waals surface area (Å²) in [4.78, 5) is 66.0. The molecule has 0 aliphatic carbocycles. The molecule has 5 rings (SSSR count). The Bertz CT molecular complexity index is 1650. The number of nitrogens with zero attached hydrogens (tertiary/aromatic N) is 5. The maximum absolute atomic E-state index is 15.9. The molecular weight excluding hydrogens is 641 g/mol.